The number of ether oxygens (including phenoxy) is 1. The molecular formula is C8H17Cl2O2Ti. The van der Waals surface area contributed by atoms with Crippen molar-refractivity contribution in [3.8, 4) is 0 Å². The van der Waals surface area contributed by atoms with Crippen molar-refractivity contribution in [2.45, 2.75) is 45.8 Å². The van der Waals surface area contributed by atoms with E-state index in [4.69, 9.17) is 8.06 Å². The quantitative estimate of drug-likeness (QED) is 0.269. The van der Waals surface area contributed by atoms with Crippen LogP contribution in [0.2, 0.25) is 0 Å². The zero-order chi connectivity index (χ0) is 8.53. The molecule has 0 rings (SSSR count). The molecule has 0 bridgehead atoms. The molecule has 2 nitrogen and oxygen atoms in total. The van der Waals surface area contributed by atoms with Crippen molar-refractivity contribution in [3.63, 3.8) is 0 Å². The van der Waals surface area contributed by atoms with Crippen molar-refractivity contribution in [2.75, 3.05) is 6.61 Å². The van der Waals surface area contributed by atoms with Gasteiger partial charge in [0.1, 0.15) is 0 Å². The average Bonchev–Trinajstić information content (AvgIpc) is 2.03. The maximum absolute atomic E-state index is 5.45. The van der Waals surface area contributed by atoms with Crippen LogP contribution in [0.25, 0.3) is 0 Å². The fourth-order valence-corrected chi connectivity index (χ4v) is 1.06. The third-order valence-electron chi connectivity index (χ3n) is 1.46. The second-order valence-electron chi connectivity index (χ2n) is 2.56. The number of halogens is 2. The Hall–Kier alpha value is 1.21. The van der Waals surface area contributed by atoms with Gasteiger partial charge in [-0.05, 0) is 0 Å². The first-order chi connectivity index (χ1) is 5.35. The van der Waals surface area contributed by atoms with Crippen LogP contribution in [0.5, 0.6) is 0 Å². The van der Waals surface area contributed by atoms with Crippen molar-refractivity contribution in [1.82, 2.24) is 0 Å². The van der Waals surface area contributed by atoms with Crippen LogP contribution in [0.3, 0.4) is 0 Å². The molecule has 0 aliphatic carbocycles. The molecule has 0 aromatic heterocycles. The van der Waals surface area contributed by atoms with Crippen LogP contribution < -0.4 is 24.8 Å². The number of unbranched alkanes of at least 4 members (excludes halogenated alkanes) is 1. The van der Waals surface area contributed by atoms with Gasteiger partial charge in [-0.15, -0.1) is 0 Å². The van der Waals surface area contributed by atoms with Gasteiger partial charge in [-0.2, -0.15) is 0 Å². The maximum atomic E-state index is 5.45. The topological polar surface area (TPSA) is 18.5 Å². The SMILES string of the molecule is CCCCOC(CCC)[O][Ti+2].[Cl-].[Cl-]. The summed E-state index contributed by atoms with van der Waals surface area (Å²) in [6.45, 7) is 5.12. The molecule has 0 aliphatic heterocycles. The molecule has 0 saturated heterocycles. The summed E-state index contributed by atoms with van der Waals surface area (Å²) in [5, 5.41) is 0. The minimum Gasteiger partial charge on any atom is -1.00 e. The maximum Gasteiger partial charge on any atom is -1.00 e. The molecule has 5 heteroatoms. The molecule has 13 heavy (non-hydrogen) atoms. The van der Waals surface area contributed by atoms with Gasteiger partial charge in [-0.3, -0.25) is 0 Å². The summed E-state index contributed by atoms with van der Waals surface area (Å²) in [5.74, 6) is 0. The predicted octanol–water partition coefficient (Wildman–Crippen LogP) is -3.58. The second-order valence-corrected chi connectivity index (χ2v) is 2.93. The Morgan fingerprint density at radius 3 is 2.15 bits per heavy atom. The van der Waals surface area contributed by atoms with Crippen molar-refractivity contribution < 1.29 is 53.7 Å². The van der Waals surface area contributed by atoms with Gasteiger partial charge < -0.3 is 24.8 Å². The zero-order valence-corrected chi connectivity index (χ0v) is 11.3. The van der Waals surface area contributed by atoms with Gasteiger partial charge in [0.15, 0.2) is 0 Å². The summed E-state index contributed by atoms with van der Waals surface area (Å²) in [5.41, 5.74) is 0. The summed E-state index contributed by atoms with van der Waals surface area (Å²) in [6, 6.07) is 0. The molecular weight excluding hydrogens is 247 g/mol. The number of hydrogen-bond donors (Lipinski definition) is 0. The minimum absolute atomic E-state index is 0. The molecule has 0 saturated carbocycles. The molecule has 0 radical (unpaired) electrons. The number of hydrogen-bond acceptors (Lipinski definition) is 2. The van der Waals surface area contributed by atoms with E-state index in [0.717, 1.165) is 25.9 Å². The molecule has 79 valence electrons. The van der Waals surface area contributed by atoms with Crippen molar-refractivity contribution in [2.24, 2.45) is 0 Å². The molecule has 1 unspecified atom stereocenters. The molecule has 0 spiro atoms. The molecule has 0 fully saturated rings. The standard InChI is InChI=1S/C8H17O2.2ClH.Ti/c1-3-5-7-10-8(9)6-4-2;;;/h8H,3-7H2,1-2H3;2*1H;/q-1;;;+3/p-2. The van der Waals surface area contributed by atoms with Crippen molar-refractivity contribution >= 4 is 0 Å². The fraction of sp³-hybridized carbons (Fsp3) is 1.00. The summed E-state index contributed by atoms with van der Waals surface area (Å²) in [6.07, 6.45) is 4.45. The molecule has 1 atom stereocenters. The molecule has 0 N–H and O–H groups in total. The van der Waals surface area contributed by atoms with Crippen LogP contribution >= 0.6 is 0 Å². The van der Waals surface area contributed by atoms with Gasteiger partial charge in [0.2, 0.25) is 0 Å². The Labute approximate surface area is 106 Å². The molecule has 0 aliphatic rings. The van der Waals surface area contributed by atoms with E-state index in [1.165, 1.54) is 6.42 Å². The monoisotopic (exact) mass is 263 g/mol. The third kappa shape index (κ3) is 13.2. The second kappa shape index (κ2) is 15.7. The van der Waals surface area contributed by atoms with Crippen LogP contribution in [-0.2, 0) is 28.9 Å². The van der Waals surface area contributed by atoms with Gasteiger partial charge >= 0.3 is 81.3 Å². The van der Waals surface area contributed by atoms with Crippen molar-refractivity contribution in [3.05, 3.63) is 0 Å². The van der Waals surface area contributed by atoms with E-state index in [-0.39, 0.29) is 31.1 Å². The van der Waals surface area contributed by atoms with Gasteiger partial charge in [-0.1, -0.05) is 0 Å². The average molecular weight is 264 g/mol. The van der Waals surface area contributed by atoms with Crippen LogP contribution in [0.1, 0.15) is 39.5 Å². The van der Waals surface area contributed by atoms with Gasteiger partial charge in [0, 0.05) is 0 Å². The number of rotatable bonds is 7. The Morgan fingerprint density at radius 2 is 1.77 bits per heavy atom. The molecule has 0 aromatic rings. The van der Waals surface area contributed by atoms with Gasteiger partial charge in [-0.25, -0.2) is 0 Å². The summed E-state index contributed by atoms with van der Waals surface area (Å²) >= 11 is 1.70. The smallest absolute Gasteiger partial charge is 1.00 e. The van der Waals surface area contributed by atoms with E-state index < -0.39 is 0 Å². The first-order valence-electron chi connectivity index (χ1n) is 4.29. The zero-order valence-electron chi connectivity index (χ0n) is 8.19. The Kier molecular flexibility index (Phi) is 23.8. The van der Waals surface area contributed by atoms with Crippen LogP contribution in [0.15, 0.2) is 0 Å². The summed E-state index contributed by atoms with van der Waals surface area (Å²) in [4.78, 5) is 0. The Bertz CT molecular complexity index is 86.5. The fourth-order valence-electron chi connectivity index (χ4n) is 0.771. The van der Waals surface area contributed by atoms with E-state index in [1.54, 1.807) is 20.8 Å². The normalized spacial score (nSPS) is 11.4. The summed E-state index contributed by atoms with van der Waals surface area (Å²) in [7, 11) is 0. The first-order valence-corrected chi connectivity index (χ1v) is 4.92. The molecule has 0 aromatic carbocycles. The van der Waals surface area contributed by atoms with Gasteiger partial charge in [0.25, 0.3) is 0 Å². The largest absolute Gasteiger partial charge is 1.00 e. The Balaban J connectivity index is -0.000000500. The van der Waals surface area contributed by atoms with E-state index in [9.17, 15) is 0 Å². The van der Waals surface area contributed by atoms with Gasteiger partial charge in [0.05, 0.1) is 0 Å². The van der Waals surface area contributed by atoms with Crippen LogP contribution in [-0.4, -0.2) is 12.9 Å². The van der Waals surface area contributed by atoms with E-state index in [2.05, 4.69) is 13.8 Å². The van der Waals surface area contributed by atoms with E-state index >= 15 is 0 Å². The van der Waals surface area contributed by atoms with Crippen LogP contribution in [0.4, 0.5) is 0 Å². The third-order valence-corrected chi connectivity index (χ3v) is 1.87. The first kappa shape index (κ1) is 19.7. The van der Waals surface area contributed by atoms with Crippen molar-refractivity contribution in [1.29, 1.82) is 0 Å². The Morgan fingerprint density at radius 1 is 1.15 bits per heavy atom. The van der Waals surface area contributed by atoms with Crippen LogP contribution in [0, 0.1) is 0 Å². The molecule has 0 heterocycles. The minimum atomic E-state index is 0. The molecule has 0 amide bonds. The predicted molar refractivity (Wildman–Crippen MR) is 40.6 cm³/mol. The van der Waals surface area contributed by atoms with E-state index in [0.29, 0.717) is 0 Å². The summed E-state index contributed by atoms with van der Waals surface area (Å²) < 4.78 is 10.6. The van der Waals surface area contributed by atoms with E-state index in [1.807, 2.05) is 0 Å².